The van der Waals surface area contributed by atoms with E-state index in [-0.39, 0.29) is 6.29 Å². The lowest BCUT2D eigenvalue weighted by atomic mass is 10.0. The topological polar surface area (TPSA) is 31.6 Å². The highest BCUT2D eigenvalue weighted by molar-refractivity contribution is 5.52. The van der Waals surface area contributed by atoms with Crippen LogP contribution in [0.4, 0.5) is 0 Å². The van der Waals surface area contributed by atoms with Gasteiger partial charge in [-0.25, -0.2) is 0 Å². The zero-order valence-corrected chi connectivity index (χ0v) is 13.0. The zero-order chi connectivity index (χ0) is 15.2. The van der Waals surface area contributed by atoms with Crippen LogP contribution in [-0.4, -0.2) is 12.9 Å². The molecule has 1 atom stereocenters. The standard InChI is InChI=1S/C19H22O3/c1-15-5-7-16(8-6-15)12-18-14-20-13-17(18)9-11-22-19-4-2-3-10-21-19/h5-9,11,13-14,19H,2-4,10,12H2,1H3/b11-9+. The fourth-order valence-electron chi connectivity index (χ4n) is 2.57. The molecular weight excluding hydrogens is 276 g/mol. The van der Waals surface area contributed by atoms with Gasteiger partial charge >= 0.3 is 0 Å². The molecule has 1 fully saturated rings. The smallest absolute Gasteiger partial charge is 0.198 e. The van der Waals surface area contributed by atoms with Crippen molar-refractivity contribution < 1.29 is 13.9 Å². The van der Waals surface area contributed by atoms with Crippen molar-refractivity contribution >= 4 is 6.08 Å². The number of hydrogen-bond acceptors (Lipinski definition) is 3. The van der Waals surface area contributed by atoms with E-state index in [4.69, 9.17) is 13.9 Å². The highest BCUT2D eigenvalue weighted by atomic mass is 16.7. The van der Waals surface area contributed by atoms with Crippen LogP contribution in [0.2, 0.25) is 0 Å². The first kappa shape index (κ1) is 14.9. The second-order valence-corrected chi connectivity index (χ2v) is 5.75. The highest BCUT2D eigenvalue weighted by Gasteiger charge is 2.13. The molecule has 1 aliphatic rings. The molecule has 3 rings (SSSR count). The van der Waals surface area contributed by atoms with E-state index in [9.17, 15) is 0 Å². The van der Waals surface area contributed by atoms with Gasteiger partial charge in [0.1, 0.15) is 0 Å². The van der Waals surface area contributed by atoms with Crippen LogP contribution in [0.15, 0.2) is 47.5 Å². The maximum absolute atomic E-state index is 5.63. The molecule has 0 N–H and O–H groups in total. The van der Waals surface area contributed by atoms with E-state index in [1.807, 2.05) is 6.08 Å². The first-order chi connectivity index (χ1) is 10.8. The second kappa shape index (κ2) is 7.32. The van der Waals surface area contributed by atoms with E-state index in [0.29, 0.717) is 0 Å². The molecule has 0 spiro atoms. The summed E-state index contributed by atoms with van der Waals surface area (Å²) >= 11 is 0. The molecule has 0 saturated carbocycles. The van der Waals surface area contributed by atoms with Crippen molar-refractivity contribution in [1.82, 2.24) is 0 Å². The minimum atomic E-state index is -0.0996. The summed E-state index contributed by atoms with van der Waals surface area (Å²) in [6.45, 7) is 2.89. The van der Waals surface area contributed by atoms with Crippen molar-refractivity contribution in [2.45, 2.75) is 38.9 Å². The summed E-state index contributed by atoms with van der Waals surface area (Å²) in [6.07, 6.45) is 11.3. The van der Waals surface area contributed by atoms with Gasteiger partial charge in [0.15, 0.2) is 6.29 Å². The monoisotopic (exact) mass is 298 g/mol. The van der Waals surface area contributed by atoms with Gasteiger partial charge in [-0.2, -0.15) is 0 Å². The van der Waals surface area contributed by atoms with Gasteiger partial charge in [0.05, 0.1) is 25.4 Å². The molecule has 0 bridgehead atoms. The first-order valence-corrected chi connectivity index (χ1v) is 7.85. The summed E-state index contributed by atoms with van der Waals surface area (Å²) in [5.41, 5.74) is 4.76. The van der Waals surface area contributed by atoms with Gasteiger partial charge in [-0.3, -0.25) is 0 Å². The van der Waals surface area contributed by atoms with Crippen LogP contribution in [-0.2, 0) is 15.9 Å². The average molecular weight is 298 g/mol. The normalized spacial score (nSPS) is 18.7. The van der Waals surface area contributed by atoms with Crippen LogP contribution < -0.4 is 0 Å². The Morgan fingerprint density at radius 1 is 1.18 bits per heavy atom. The van der Waals surface area contributed by atoms with Crippen LogP contribution in [0, 0.1) is 6.92 Å². The molecule has 0 aliphatic carbocycles. The molecular formula is C19H22O3. The van der Waals surface area contributed by atoms with Gasteiger partial charge in [-0.15, -0.1) is 0 Å². The maximum Gasteiger partial charge on any atom is 0.198 e. The highest BCUT2D eigenvalue weighted by Crippen LogP contribution is 2.19. The third kappa shape index (κ3) is 4.01. The molecule has 22 heavy (non-hydrogen) atoms. The summed E-state index contributed by atoms with van der Waals surface area (Å²) < 4.78 is 16.5. The van der Waals surface area contributed by atoms with Crippen LogP contribution in [0.3, 0.4) is 0 Å². The Balaban J connectivity index is 1.60. The predicted molar refractivity (Wildman–Crippen MR) is 86.4 cm³/mol. The minimum absolute atomic E-state index is 0.0996. The Morgan fingerprint density at radius 3 is 2.82 bits per heavy atom. The lowest BCUT2D eigenvalue weighted by molar-refractivity contribution is -0.129. The Hall–Kier alpha value is -2.00. The van der Waals surface area contributed by atoms with Crippen molar-refractivity contribution in [3.63, 3.8) is 0 Å². The fraction of sp³-hybridized carbons (Fsp3) is 0.368. The van der Waals surface area contributed by atoms with E-state index in [1.54, 1.807) is 18.8 Å². The molecule has 3 nitrogen and oxygen atoms in total. The number of benzene rings is 1. The number of hydrogen-bond donors (Lipinski definition) is 0. The van der Waals surface area contributed by atoms with Crippen molar-refractivity contribution in [2.75, 3.05) is 6.61 Å². The molecule has 1 aromatic carbocycles. The molecule has 1 saturated heterocycles. The van der Waals surface area contributed by atoms with Gasteiger partial charge < -0.3 is 13.9 Å². The van der Waals surface area contributed by atoms with Crippen LogP contribution in [0.5, 0.6) is 0 Å². The van der Waals surface area contributed by atoms with Gasteiger partial charge in [-0.05, 0) is 31.4 Å². The molecule has 1 unspecified atom stereocenters. The van der Waals surface area contributed by atoms with Crippen LogP contribution in [0.1, 0.15) is 41.5 Å². The quantitative estimate of drug-likeness (QED) is 0.750. The van der Waals surface area contributed by atoms with E-state index >= 15 is 0 Å². The largest absolute Gasteiger partial charge is 0.473 e. The Morgan fingerprint density at radius 2 is 2.05 bits per heavy atom. The zero-order valence-electron chi connectivity index (χ0n) is 13.0. The molecule has 116 valence electrons. The van der Waals surface area contributed by atoms with Crippen molar-refractivity contribution in [3.8, 4) is 0 Å². The lowest BCUT2D eigenvalue weighted by Crippen LogP contribution is -2.19. The summed E-state index contributed by atoms with van der Waals surface area (Å²) in [7, 11) is 0. The second-order valence-electron chi connectivity index (χ2n) is 5.75. The maximum atomic E-state index is 5.63. The van der Waals surface area contributed by atoms with E-state index in [2.05, 4.69) is 31.2 Å². The molecule has 1 aliphatic heterocycles. The van der Waals surface area contributed by atoms with E-state index in [0.717, 1.165) is 37.0 Å². The van der Waals surface area contributed by atoms with Crippen molar-refractivity contribution in [1.29, 1.82) is 0 Å². The average Bonchev–Trinajstić information content (AvgIpc) is 2.98. The summed E-state index contributed by atoms with van der Waals surface area (Å²) in [5.74, 6) is 0. The summed E-state index contributed by atoms with van der Waals surface area (Å²) in [5, 5.41) is 0. The number of aryl methyl sites for hydroxylation is 1. The van der Waals surface area contributed by atoms with Gasteiger partial charge in [0.25, 0.3) is 0 Å². The Bertz CT molecular complexity index is 604. The number of ether oxygens (including phenoxy) is 2. The predicted octanol–water partition coefficient (Wildman–Crippen LogP) is 4.69. The number of furan rings is 1. The van der Waals surface area contributed by atoms with Crippen LogP contribution >= 0.6 is 0 Å². The SMILES string of the molecule is Cc1ccc(Cc2cocc2/C=C/OC2CCCCO2)cc1. The lowest BCUT2D eigenvalue weighted by Gasteiger charge is -2.21. The van der Waals surface area contributed by atoms with Crippen molar-refractivity contribution in [3.05, 3.63) is 65.3 Å². The summed E-state index contributed by atoms with van der Waals surface area (Å²) in [4.78, 5) is 0. The molecule has 3 heteroatoms. The van der Waals surface area contributed by atoms with E-state index in [1.165, 1.54) is 17.5 Å². The van der Waals surface area contributed by atoms with E-state index < -0.39 is 0 Å². The molecule has 0 amide bonds. The molecule has 0 radical (unpaired) electrons. The fourth-order valence-corrected chi connectivity index (χ4v) is 2.57. The molecule has 2 aromatic rings. The molecule has 1 aromatic heterocycles. The third-order valence-corrected chi connectivity index (χ3v) is 3.91. The van der Waals surface area contributed by atoms with Crippen LogP contribution in [0.25, 0.3) is 6.08 Å². The Kier molecular flexibility index (Phi) is 4.96. The van der Waals surface area contributed by atoms with Crippen molar-refractivity contribution in [2.24, 2.45) is 0 Å². The van der Waals surface area contributed by atoms with Gasteiger partial charge in [0, 0.05) is 24.0 Å². The first-order valence-electron chi connectivity index (χ1n) is 7.85. The van der Waals surface area contributed by atoms with Gasteiger partial charge in [-0.1, -0.05) is 29.8 Å². The Labute approximate surface area is 131 Å². The minimum Gasteiger partial charge on any atom is -0.473 e. The van der Waals surface area contributed by atoms with Gasteiger partial charge in [0.2, 0.25) is 0 Å². The molecule has 2 heterocycles. The third-order valence-electron chi connectivity index (χ3n) is 3.91. The number of rotatable bonds is 5. The summed E-state index contributed by atoms with van der Waals surface area (Å²) in [6, 6.07) is 8.58.